The largest absolute Gasteiger partial charge is 0.371 e. The van der Waals surface area contributed by atoms with E-state index in [-0.39, 0.29) is 0 Å². The third-order valence-corrected chi connectivity index (χ3v) is 3.97. The molecule has 0 unspecified atom stereocenters. The van der Waals surface area contributed by atoms with Crippen LogP contribution in [0.25, 0.3) is 0 Å². The molecule has 1 aliphatic carbocycles. The Morgan fingerprint density at radius 3 is 2.37 bits per heavy atom. The molecule has 0 spiro atoms. The minimum Gasteiger partial charge on any atom is -0.371 e. The SMILES string of the molecule is O=C=NC1(c2cc(F)c(F)cc2N2CCCC2)CC1. The first-order valence-electron chi connectivity index (χ1n) is 6.50. The van der Waals surface area contributed by atoms with Gasteiger partial charge in [-0.2, -0.15) is 4.99 Å². The van der Waals surface area contributed by atoms with E-state index >= 15 is 0 Å². The van der Waals surface area contributed by atoms with Crippen molar-refractivity contribution in [2.75, 3.05) is 18.0 Å². The lowest BCUT2D eigenvalue weighted by Gasteiger charge is -2.24. The highest BCUT2D eigenvalue weighted by Gasteiger charge is 2.47. The number of aliphatic imine (C=N–C) groups is 1. The van der Waals surface area contributed by atoms with E-state index in [1.165, 1.54) is 12.1 Å². The van der Waals surface area contributed by atoms with Crippen LogP contribution in [0.5, 0.6) is 0 Å². The summed E-state index contributed by atoms with van der Waals surface area (Å²) in [6, 6.07) is 2.42. The number of hydrogen-bond donors (Lipinski definition) is 0. The molecular weight excluding hydrogens is 250 g/mol. The van der Waals surface area contributed by atoms with E-state index in [0.29, 0.717) is 24.1 Å². The lowest BCUT2D eigenvalue weighted by atomic mass is 10.0. The zero-order chi connectivity index (χ0) is 13.5. The van der Waals surface area contributed by atoms with Gasteiger partial charge in [-0.3, -0.25) is 0 Å². The van der Waals surface area contributed by atoms with Crippen molar-refractivity contribution in [3.8, 4) is 0 Å². The molecule has 1 saturated carbocycles. The van der Waals surface area contributed by atoms with Gasteiger partial charge in [0.1, 0.15) is 5.54 Å². The average Bonchev–Trinajstić information content (AvgIpc) is 2.97. The van der Waals surface area contributed by atoms with Crippen LogP contribution < -0.4 is 4.90 Å². The Balaban J connectivity index is 2.11. The molecule has 19 heavy (non-hydrogen) atoms. The molecule has 2 fully saturated rings. The molecule has 1 saturated heterocycles. The highest BCUT2D eigenvalue weighted by atomic mass is 19.2. The molecule has 0 radical (unpaired) electrons. The van der Waals surface area contributed by atoms with Crippen LogP contribution in [-0.4, -0.2) is 19.2 Å². The van der Waals surface area contributed by atoms with Gasteiger partial charge in [-0.25, -0.2) is 13.6 Å². The first-order valence-corrected chi connectivity index (χ1v) is 6.50. The second-order valence-corrected chi connectivity index (χ2v) is 5.21. The summed E-state index contributed by atoms with van der Waals surface area (Å²) in [7, 11) is 0. The molecule has 2 aliphatic rings. The van der Waals surface area contributed by atoms with Gasteiger partial charge in [0.05, 0.1) is 0 Å². The molecule has 0 bridgehead atoms. The van der Waals surface area contributed by atoms with E-state index in [9.17, 15) is 13.6 Å². The van der Waals surface area contributed by atoms with Crippen molar-refractivity contribution in [2.24, 2.45) is 4.99 Å². The summed E-state index contributed by atoms with van der Waals surface area (Å²) < 4.78 is 27.0. The van der Waals surface area contributed by atoms with Crippen LogP contribution in [0.4, 0.5) is 14.5 Å². The van der Waals surface area contributed by atoms with Crippen LogP contribution in [0.3, 0.4) is 0 Å². The average molecular weight is 264 g/mol. The van der Waals surface area contributed by atoms with Gasteiger partial charge in [0.15, 0.2) is 11.6 Å². The third-order valence-electron chi connectivity index (χ3n) is 3.97. The van der Waals surface area contributed by atoms with E-state index in [4.69, 9.17) is 0 Å². The molecule has 3 rings (SSSR count). The van der Waals surface area contributed by atoms with Gasteiger partial charge in [-0.15, -0.1) is 0 Å². The molecule has 0 atom stereocenters. The minimum absolute atomic E-state index is 0.622. The second-order valence-electron chi connectivity index (χ2n) is 5.21. The smallest absolute Gasteiger partial charge is 0.235 e. The van der Waals surface area contributed by atoms with Gasteiger partial charge >= 0.3 is 0 Å². The molecular formula is C14H14F2N2O. The fourth-order valence-electron chi connectivity index (χ4n) is 2.78. The highest BCUT2D eigenvalue weighted by molar-refractivity contribution is 5.60. The molecule has 1 aromatic rings. The lowest BCUT2D eigenvalue weighted by molar-refractivity contribution is 0.504. The standard InChI is InChI=1S/C14H14F2N2O/c15-11-7-10(14(3-4-14)17-9-19)13(8-12(11)16)18-5-1-2-6-18/h7-8H,1-6H2. The molecule has 0 N–H and O–H groups in total. The second kappa shape index (κ2) is 4.42. The van der Waals surface area contributed by atoms with Crippen molar-refractivity contribution in [3.63, 3.8) is 0 Å². The molecule has 5 heteroatoms. The van der Waals surface area contributed by atoms with Crippen LogP contribution in [0, 0.1) is 11.6 Å². The quantitative estimate of drug-likeness (QED) is 0.621. The fraction of sp³-hybridized carbons (Fsp3) is 0.500. The van der Waals surface area contributed by atoms with Crippen LogP contribution in [-0.2, 0) is 10.3 Å². The fourth-order valence-corrected chi connectivity index (χ4v) is 2.78. The van der Waals surface area contributed by atoms with Crippen LogP contribution >= 0.6 is 0 Å². The van der Waals surface area contributed by atoms with Crippen molar-refractivity contribution in [3.05, 3.63) is 29.3 Å². The Morgan fingerprint density at radius 2 is 1.79 bits per heavy atom. The number of halogens is 2. The van der Waals surface area contributed by atoms with Gasteiger partial charge in [-0.1, -0.05) is 0 Å². The summed E-state index contributed by atoms with van der Waals surface area (Å²) in [6.07, 6.45) is 5.03. The van der Waals surface area contributed by atoms with Crippen molar-refractivity contribution in [2.45, 2.75) is 31.2 Å². The Kier molecular flexibility index (Phi) is 2.86. The summed E-state index contributed by atoms with van der Waals surface area (Å²) >= 11 is 0. The predicted molar refractivity (Wildman–Crippen MR) is 66.8 cm³/mol. The van der Waals surface area contributed by atoms with Gasteiger partial charge in [0, 0.05) is 30.4 Å². The van der Waals surface area contributed by atoms with Crippen LogP contribution in [0.2, 0.25) is 0 Å². The number of nitrogens with zero attached hydrogens (tertiary/aromatic N) is 2. The monoisotopic (exact) mass is 264 g/mol. The zero-order valence-electron chi connectivity index (χ0n) is 10.5. The molecule has 1 aliphatic heterocycles. The Bertz CT molecular complexity index is 557. The molecule has 0 amide bonds. The number of isocyanates is 1. The van der Waals surface area contributed by atoms with Gasteiger partial charge in [0.25, 0.3) is 0 Å². The highest BCUT2D eigenvalue weighted by Crippen LogP contribution is 2.52. The van der Waals surface area contributed by atoms with Crippen molar-refractivity contribution in [1.82, 2.24) is 0 Å². The van der Waals surface area contributed by atoms with Gasteiger partial charge in [0.2, 0.25) is 6.08 Å². The van der Waals surface area contributed by atoms with Crippen molar-refractivity contribution < 1.29 is 13.6 Å². The number of rotatable bonds is 3. The van der Waals surface area contributed by atoms with E-state index in [2.05, 4.69) is 4.99 Å². The summed E-state index contributed by atoms with van der Waals surface area (Å²) in [5, 5.41) is 0. The molecule has 0 aromatic heterocycles. The van der Waals surface area contributed by atoms with Gasteiger partial charge in [-0.05, 0) is 31.7 Å². The van der Waals surface area contributed by atoms with Crippen molar-refractivity contribution >= 4 is 11.8 Å². The zero-order valence-corrected chi connectivity index (χ0v) is 10.5. The number of hydrogen-bond acceptors (Lipinski definition) is 3. The number of carbonyl (C=O) groups excluding carboxylic acids is 1. The molecule has 3 nitrogen and oxygen atoms in total. The van der Waals surface area contributed by atoms with Gasteiger partial charge < -0.3 is 4.90 Å². The topological polar surface area (TPSA) is 32.7 Å². The van der Waals surface area contributed by atoms with Crippen LogP contribution in [0.15, 0.2) is 17.1 Å². The minimum atomic E-state index is -0.884. The number of benzene rings is 1. The summed E-state index contributed by atoms with van der Waals surface area (Å²) in [4.78, 5) is 16.4. The predicted octanol–water partition coefficient (Wildman–Crippen LogP) is 2.89. The van der Waals surface area contributed by atoms with E-state index in [1.54, 1.807) is 6.08 Å². The van der Waals surface area contributed by atoms with Crippen LogP contribution in [0.1, 0.15) is 31.2 Å². The summed E-state index contributed by atoms with van der Waals surface area (Å²) in [5.41, 5.74) is 0.623. The maximum absolute atomic E-state index is 13.5. The lowest BCUT2D eigenvalue weighted by Crippen LogP contribution is -2.22. The number of anilines is 1. The third kappa shape index (κ3) is 2.04. The van der Waals surface area contributed by atoms with E-state index < -0.39 is 17.2 Å². The van der Waals surface area contributed by atoms with E-state index in [1.807, 2.05) is 4.90 Å². The summed E-state index contributed by atoms with van der Waals surface area (Å²) in [5.74, 6) is -1.73. The molecule has 100 valence electrons. The first-order chi connectivity index (χ1) is 9.16. The first kappa shape index (κ1) is 12.3. The Labute approximate surface area is 109 Å². The normalized spacial score (nSPS) is 20.2. The van der Waals surface area contributed by atoms with E-state index in [0.717, 1.165) is 25.9 Å². The maximum atomic E-state index is 13.5. The molecule has 1 heterocycles. The Morgan fingerprint density at radius 1 is 1.16 bits per heavy atom. The maximum Gasteiger partial charge on any atom is 0.235 e. The molecule has 1 aromatic carbocycles. The summed E-state index contributed by atoms with van der Waals surface area (Å²) in [6.45, 7) is 1.66. The van der Waals surface area contributed by atoms with Crippen molar-refractivity contribution in [1.29, 1.82) is 0 Å². The Hall–Kier alpha value is -1.74.